The van der Waals surface area contributed by atoms with Gasteiger partial charge < -0.3 is 0 Å². The first kappa shape index (κ1) is 10.7. The van der Waals surface area contributed by atoms with Gasteiger partial charge in [-0.2, -0.15) is 10.2 Å². The number of aromatic nitrogens is 5. The summed E-state index contributed by atoms with van der Waals surface area (Å²) < 4.78 is 4.30. The molecule has 0 unspecified atom stereocenters. The second-order valence-corrected chi connectivity index (χ2v) is 4.77. The van der Waals surface area contributed by atoms with E-state index in [2.05, 4.69) is 31.1 Å². The van der Waals surface area contributed by atoms with Gasteiger partial charge in [-0.3, -0.25) is 4.68 Å². The predicted octanol–water partition coefficient (Wildman–Crippen LogP) is 2.55. The largest absolute Gasteiger partial charge is 0.266 e. The molecule has 0 fully saturated rings. The van der Waals surface area contributed by atoms with Crippen LogP contribution in [0.3, 0.4) is 0 Å². The van der Waals surface area contributed by atoms with E-state index in [1.165, 1.54) is 0 Å². The highest BCUT2D eigenvalue weighted by Gasteiger charge is 2.12. The molecule has 3 rings (SSSR count). The molecule has 3 aromatic heterocycles. The highest BCUT2D eigenvalue weighted by atomic mass is 79.9. The van der Waals surface area contributed by atoms with Gasteiger partial charge in [0, 0.05) is 19.3 Å². The van der Waals surface area contributed by atoms with Crippen molar-refractivity contribution in [2.24, 2.45) is 7.05 Å². The second-order valence-electron chi connectivity index (χ2n) is 3.53. The Morgan fingerprint density at radius 1 is 1.29 bits per heavy atom. The fourth-order valence-corrected chi connectivity index (χ4v) is 2.25. The fourth-order valence-electron chi connectivity index (χ4n) is 1.71. The summed E-state index contributed by atoms with van der Waals surface area (Å²) in [6.07, 6.45) is 3.42. The van der Waals surface area contributed by atoms with Crippen molar-refractivity contribution >= 4 is 33.2 Å². The summed E-state index contributed by atoms with van der Waals surface area (Å²) in [7, 11) is 1.87. The summed E-state index contributed by atoms with van der Waals surface area (Å²) in [6.45, 7) is 0. The lowest BCUT2D eigenvalue weighted by molar-refractivity contribution is 0.767. The molecule has 0 saturated heterocycles. The van der Waals surface area contributed by atoms with Crippen molar-refractivity contribution < 1.29 is 0 Å². The normalized spacial score (nSPS) is 11.2. The van der Waals surface area contributed by atoms with Crippen LogP contribution in [0.25, 0.3) is 17.0 Å². The van der Waals surface area contributed by atoms with Gasteiger partial charge in [0.15, 0.2) is 5.65 Å². The van der Waals surface area contributed by atoms with Gasteiger partial charge in [-0.1, -0.05) is 11.6 Å². The van der Waals surface area contributed by atoms with E-state index in [-0.39, 0.29) is 0 Å². The Kier molecular flexibility index (Phi) is 2.41. The maximum atomic E-state index is 6.02. The Morgan fingerprint density at radius 3 is 2.82 bits per heavy atom. The van der Waals surface area contributed by atoms with Crippen molar-refractivity contribution in [1.29, 1.82) is 0 Å². The number of hydrogen-bond acceptors (Lipinski definition) is 3. The second kappa shape index (κ2) is 3.82. The molecule has 0 bridgehead atoms. The Bertz CT molecular complexity index is 702. The summed E-state index contributed by atoms with van der Waals surface area (Å²) in [5.41, 5.74) is 2.47. The van der Waals surface area contributed by atoms with Crippen LogP contribution in [-0.2, 0) is 7.05 Å². The van der Waals surface area contributed by atoms with E-state index in [9.17, 15) is 0 Å². The zero-order chi connectivity index (χ0) is 12.0. The average Bonchev–Trinajstić information content (AvgIpc) is 2.86. The monoisotopic (exact) mass is 311 g/mol. The standard InChI is InChI=1S/C10H7BrClN5/c1-16-7(2-3-13-16)8-4-9(12)15-10-6(11)5-14-17(8)10/h2-5H,1H3. The molecule has 0 spiro atoms. The molecule has 0 aliphatic heterocycles. The highest BCUT2D eigenvalue weighted by molar-refractivity contribution is 9.10. The molecule has 0 atom stereocenters. The van der Waals surface area contributed by atoms with Crippen LogP contribution in [0.4, 0.5) is 0 Å². The van der Waals surface area contributed by atoms with Gasteiger partial charge in [-0.25, -0.2) is 9.50 Å². The number of aryl methyl sites for hydroxylation is 1. The van der Waals surface area contributed by atoms with Crippen molar-refractivity contribution in [3.05, 3.63) is 34.2 Å². The maximum absolute atomic E-state index is 6.02. The summed E-state index contributed by atoms with van der Waals surface area (Å²) in [6, 6.07) is 3.67. The molecule has 5 nitrogen and oxygen atoms in total. The quantitative estimate of drug-likeness (QED) is 0.649. The van der Waals surface area contributed by atoms with E-state index >= 15 is 0 Å². The maximum Gasteiger partial charge on any atom is 0.171 e. The lowest BCUT2D eigenvalue weighted by atomic mass is 10.3. The highest BCUT2D eigenvalue weighted by Crippen LogP contribution is 2.25. The molecular formula is C10H7BrClN5. The van der Waals surface area contributed by atoms with Gasteiger partial charge in [0.25, 0.3) is 0 Å². The molecule has 0 aliphatic carbocycles. The predicted molar refractivity (Wildman–Crippen MR) is 67.9 cm³/mol. The topological polar surface area (TPSA) is 48.0 Å². The van der Waals surface area contributed by atoms with Crippen LogP contribution >= 0.6 is 27.5 Å². The molecule has 0 N–H and O–H groups in total. The minimum Gasteiger partial charge on any atom is -0.266 e. The lowest BCUT2D eigenvalue weighted by Gasteiger charge is -2.05. The smallest absolute Gasteiger partial charge is 0.171 e. The fraction of sp³-hybridized carbons (Fsp3) is 0.100. The third-order valence-electron chi connectivity index (χ3n) is 2.48. The number of fused-ring (bicyclic) bond motifs is 1. The van der Waals surface area contributed by atoms with E-state index in [1.807, 2.05) is 13.1 Å². The van der Waals surface area contributed by atoms with Gasteiger partial charge in [-0.15, -0.1) is 0 Å². The minimum atomic E-state index is 0.426. The van der Waals surface area contributed by atoms with E-state index in [4.69, 9.17) is 11.6 Å². The molecule has 3 aromatic rings. The first-order valence-electron chi connectivity index (χ1n) is 4.85. The van der Waals surface area contributed by atoms with E-state index in [0.29, 0.717) is 10.8 Å². The molecular weight excluding hydrogens is 306 g/mol. The summed E-state index contributed by atoms with van der Waals surface area (Å²) in [5, 5.41) is 8.83. The molecule has 0 saturated carbocycles. The van der Waals surface area contributed by atoms with Gasteiger partial charge >= 0.3 is 0 Å². The van der Waals surface area contributed by atoms with Crippen LogP contribution < -0.4 is 0 Å². The first-order valence-corrected chi connectivity index (χ1v) is 6.02. The summed E-state index contributed by atoms with van der Waals surface area (Å²) >= 11 is 9.41. The van der Waals surface area contributed by atoms with Crippen molar-refractivity contribution in [2.75, 3.05) is 0 Å². The molecule has 3 heterocycles. The number of rotatable bonds is 1. The number of halogens is 2. The Morgan fingerprint density at radius 2 is 2.12 bits per heavy atom. The van der Waals surface area contributed by atoms with Crippen molar-refractivity contribution in [3.63, 3.8) is 0 Å². The van der Waals surface area contributed by atoms with Crippen molar-refractivity contribution in [1.82, 2.24) is 24.4 Å². The van der Waals surface area contributed by atoms with Gasteiger partial charge in [0.1, 0.15) is 5.15 Å². The van der Waals surface area contributed by atoms with Gasteiger partial charge in [-0.05, 0) is 22.0 Å². The van der Waals surface area contributed by atoms with E-state index < -0.39 is 0 Å². The van der Waals surface area contributed by atoms with E-state index in [1.54, 1.807) is 27.7 Å². The minimum absolute atomic E-state index is 0.426. The van der Waals surface area contributed by atoms with E-state index in [0.717, 1.165) is 15.9 Å². The molecule has 0 aliphatic rings. The number of hydrogen-bond donors (Lipinski definition) is 0. The average molecular weight is 313 g/mol. The zero-order valence-electron chi connectivity index (χ0n) is 8.80. The van der Waals surface area contributed by atoms with Crippen LogP contribution in [0.1, 0.15) is 0 Å². The number of nitrogens with zero attached hydrogens (tertiary/aromatic N) is 5. The third kappa shape index (κ3) is 1.64. The summed E-state index contributed by atoms with van der Waals surface area (Å²) in [5.74, 6) is 0. The van der Waals surface area contributed by atoms with Crippen LogP contribution in [0, 0.1) is 0 Å². The molecule has 7 heteroatoms. The lowest BCUT2D eigenvalue weighted by Crippen LogP contribution is -2.01. The molecule has 0 aromatic carbocycles. The Labute approximate surface area is 110 Å². The SMILES string of the molecule is Cn1nccc1-c1cc(Cl)nc2c(Br)cnn12. The van der Waals surface area contributed by atoms with Gasteiger partial charge in [0.2, 0.25) is 0 Å². The molecule has 0 radical (unpaired) electrons. The van der Waals surface area contributed by atoms with Crippen molar-refractivity contribution in [2.45, 2.75) is 0 Å². The molecule has 0 amide bonds. The zero-order valence-corrected chi connectivity index (χ0v) is 11.1. The Hall–Kier alpha value is -1.40. The molecule has 86 valence electrons. The van der Waals surface area contributed by atoms with Crippen LogP contribution in [0.2, 0.25) is 5.15 Å². The summed E-state index contributed by atoms with van der Waals surface area (Å²) in [4.78, 5) is 4.22. The van der Waals surface area contributed by atoms with Gasteiger partial charge in [0.05, 0.1) is 22.1 Å². The first-order chi connectivity index (χ1) is 8.16. The van der Waals surface area contributed by atoms with Crippen LogP contribution in [-0.4, -0.2) is 24.4 Å². The van der Waals surface area contributed by atoms with Crippen LogP contribution in [0.5, 0.6) is 0 Å². The third-order valence-corrected chi connectivity index (χ3v) is 3.23. The van der Waals surface area contributed by atoms with Crippen molar-refractivity contribution in [3.8, 4) is 11.4 Å². The van der Waals surface area contributed by atoms with Crippen LogP contribution in [0.15, 0.2) is 29.0 Å². The Balaban J connectivity index is 2.40. The molecule has 17 heavy (non-hydrogen) atoms.